The normalized spacial score (nSPS) is 18.3. The molecule has 0 aliphatic carbocycles. The summed E-state index contributed by atoms with van der Waals surface area (Å²) in [6.45, 7) is 2.53. The number of sulfone groups is 1. The summed E-state index contributed by atoms with van der Waals surface area (Å²) in [5.74, 6) is 0.935. The third-order valence-electron chi connectivity index (χ3n) is 3.89. The van der Waals surface area contributed by atoms with Crippen LogP contribution in [0, 0.1) is 0 Å². The van der Waals surface area contributed by atoms with Gasteiger partial charge in [0.15, 0.2) is 9.84 Å². The molecule has 0 spiro atoms. The first-order valence-corrected chi connectivity index (χ1v) is 10.1. The molecule has 2 N–H and O–H groups in total. The predicted molar refractivity (Wildman–Crippen MR) is 97.5 cm³/mol. The molecule has 0 saturated carbocycles. The van der Waals surface area contributed by atoms with Crippen LogP contribution in [0.2, 0.25) is 0 Å². The van der Waals surface area contributed by atoms with Gasteiger partial charge in [-0.1, -0.05) is 0 Å². The predicted octanol–water partition coefficient (Wildman–Crippen LogP) is 1.54. The topological polar surface area (TPSA) is 110 Å². The zero-order valence-electron chi connectivity index (χ0n) is 14.3. The maximum atomic E-state index is 12.1. The van der Waals surface area contributed by atoms with Gasteiger partial charge in [-0.05, 0) is 37.6 Å². The van der Waals surface area contributed by atoms with E-state index in [1.54, 1.807) is 0 Å². The number of carbonyl (C=O) groups is 1. The minimum atomic E-state index is -3.04. The van der Waals surface area contributed by atoms with E-state index in [2.05, 4.69) is 20.6 Å². The minimum absolute atomic E-state index is 0.0243. The molecule has 1 fully saturated rings. The maximum absolute atomic E-state index is 12.1. The van der Waals surface area contributed by atoms with Crippen molar-refractivity contribution in [1.29, 1.82) is 0 Å². The van der Waals surface area contributed by atoms with E-state index in [4.69, 9.17) is 4.74 Å². The highest BCUT2D eigenvalue weighted by atomic mass is 32.2. The van der Waals surface area contributed by atoms with Crippen molar-refractivity contribution < 1.29 is 17.9 Å². The fourth-order valence-corrected chi connectivity index (χ4v) is 4.30. The molecule has 8 nitrogen and oxygen atoms in total. The highest BCUT2D eigenvalue weighted by Gasteiger charge is 2.29. The average molecular weight is 376 g/mol. The van der Waals surface area contributed by atoms with Gasteiger partial charge in [0.1, 0.15) is 17.3 Å². The third-order valence-corrected chi connectivity index (χ3v) is 5.66. The van der Waals surface area contributed by atoms with Crippen LogP contribution in [0.5, 0.6) is 5.75 Å². The largest absolute Gasteiger partial charge is 0.494 e. The zero-order chi connectivity index (χ0) is 18.6. The number of nitrogens with one attached hydrogen (secondary N) is 2. The molecule has 26 heavy (non-hydrogen) atoms. The molecule has 1 aromatic carbocycles. The van der Waals surface area contributed by atoms with E-state index in [0.29, 0.717) is 18.8 Å². The number of rotatable bonds is 6. The van der Waals surface area contributed by atoms with E-state index >= 15 is 0 Å². The lowest BCUT2D eigenvalue weighted by atomic mass is 10.2. The Morgan fingerprint density at radius 3 is 2.58 bits per heavy atom. The van der Waals surface area contributed by atoms with Crippen molar-refractivity contribution in [3.8, 4) is 5.75 Å². The van der Waals surface area contributed by atoms with Crippen LogP contribution in [0.3, 0.4) is 0 Å². The second kappa shape index (κ2) is 7.69. The zero-order valence-corrected chi connectivity index (χ0v) is 15.1. The van der Waals surface area contributed by atoms with E-state index < -0.39 is 15.7 Å². The molecular formula is C17H20N4O4S. The molecule has 1 saturated heterocycles. The number of ether oxygens (including phenoxy) is 1. The average Bonchev–Trinajstić information content (AvgIpc) is 2.96. The van der Waals surface area contributed by atoms with Crippen LogP contribution in [-0.2, 0) is 9.84 Å². The highest BCUT2D eigenvalue weighted by Crippen LogP contribution is 2.18. The Labute approximate surface area is 151 Å². The van der Waals surface area contributed by atoms with Gasteiger partial charge in [-0.3, -0.25) is 4.79 Å². The molecule has 1 unspecified atom stereocenters. The van der Waals surface area contributed by atoms with Gasteiger partial charge in [0, 0.05) is 11.7 Å². The van der Waals surface area contributed by atoms with Crippen LogP contribution in [0.1, 0.15) is 23.8 Å². The van der Waals surface area contributed by atoms with Gasteiger partial charge in [0.25, 0.3) is 5.91 Å². The number of aromatic nitrogens is 2. The van der Waals surface area contributed by atoms with Gasteiger partial charge in [0.2, 0.25) is 0 Å². The number of hydrogen-bond donors (Lipinski definition) is 2. The quantitative estimate of drug-likeness (QED) is 0.787. The lowest BCUT2D eigenvalue weighted by Crippen LogP contribution is -2.36. The number of amides is 1. The standard InChI is InChI=1S/C17H20N4O4S/c1-2-25-14-5-3-12(4-6-14)20-16-10-18-15(9-19-16)17(22)21-13-7-8-26(23,24)11-13/h3-6,9-10,13H,2,7-8,11H2,1H3,(H,19,20)(H,21,22). The van der Waals surface area contributed by atoms with Crippen LogP contribution < -0.4 is 15.4 Å². The molecule has 1 aromatic heterocycles. The molecule has 1 atom stereocenters. The van der Waals surface area contributed by atoms with Crippen LogP contribution in [0.15, 0.2) is 36.7 Å². The number of carbonyl (C=O) groups excluding carboxylic acids is 1. The first-order valence-electron chi connectivity index (χ1n) is 8.28. The number of anilines is 2. The summed E-state index contributed by atoms with van der Waals surface area (Å²) < 4.78 is 28.3. The molecule has 1 aliphatic rings. The molecule has 0 radical (unpaired) electrons. The first-order chi connectivity index (χ1) is 12.4. The Hall–Kier alpha value is -2.68. The Balaban J connectivity index is 1.58. The van der Waals surface area contributed by atoms with E-state index in [1.807, 2.05) is 31.2 Å². The highest BCUT2D eigenvalue weighted by molar-refractivity contribution is 7.91. The number of benzene rings is 1. The molecule has 138 valence electrons. The van der Waals surface area contributed by atoms with Gasteiger partial charge in [-0.25, -0.2) is 18.4 Å². The van der Waals surface area contributed by atoms with Crippen LogP contribution >= 0.6 is 0 Å². The minimum Gasteiger partial charge on any atom is -0.494 e. The molecule has 3 rings (SSSR count). The summed E-state index contributed by atoms with van der Waals surface area (Å²) in [5, 5.41) is 5.77. The third kappa shape index (κ3) is 4.69. The van der Waals surface area contributed by atoms with Crippen molar-refractivity contribution in [3.63, 3.8) is 0 Å². The van der Waals surface area contributed by atoms with Gasteiger partial charge in [-0.15, -0.1) is 0 Å². The summed E-state index contributed by atoms with van der Waals surface area (Å²) in [5.41, 5.74) is 0.961. The van der Waals surface area contributed by atoms with Crippen molar-refractivity contribution in [2.45, 2.75) is 19.4 Å². The van der Waals surface area contributed by atoms with E-state index in [0.717, 1.165) is 11.4 Å². The smallest absolute Gasteiger partial charge is 0.271 e. The number of hydrogen-bond acceptors (Lipinski definition) is 7. The van der Waals surface area contributed by atoms with Crippen molar-refractivity contribution >= 4 is 27.2 Å². The van der Waals surface area contributed by atoms with Gasteiger partial charge in [-0.2, -0.15) is 0 Å². The summed E-state index contributed by atoms with van der Waals surface area (Å²) in [6, 6.07) is 7.03. The van der Waals surface area contributed by atoms with Gasteiger partial charge in [0.05, 0.1) is 30.5 Å². The van der Waals surface area contributed by atoms with Crippen molar-refractivity contribution in [2.75, 3.05) is 23.4 Å². The summed E-state index contributed by atoms with van der Waals surface area (Å²) in [7, 11) is -3.04. The lowest BCUT2D eigenvalue weighted by molar-refractivity contribution is 0.0935. The van der Waals surface area contributed by atoms with Crippen LogP contribution in [0.4, 0.5) is 11.5 Å². The van der Waals surface area contributed by atoms with Gasteiger partial charge < -0.3 is 15.4 Å². The maximum Gasteiger partial charge on any atom is 0.271 e. The Morgan fingerprint density at radius 2 is 2.00 bits per heavy atom. The molecule has 9 heteroatoms. The Kier molecular flexibility index (Phi) is 5.36. The molecule has 0 bridgehead atoms. The van der Waals surface area contributed by atoms with Crippen LogP contribution in [-0.4, -0.2) is 48.4 Å². The first kappa shape index (κ1) is 18.1. The van der Waals surface area contributed by atoms with Crippen molar-refractivity contribution in [3.05, 3.63) is 42.4 Å². The summed E-state index contributed by atoms with van der Waals surface area (Å²) in [4.78, 5) is 20.4. The summed E-state index contributed by atoms with van der Waals surface area (Å²) >= 11 is 0. The van der Waals surface area contributed by atoms with E-state index in [1.165, 1.54) is 12.4 Å². The molecule has 1 aliphatic heterocycles. The van der Waals surface area contributed by atoms with Crippen LogP contribution in [0.25, 0.3) is 0 Å². The molecule has 2 aromatic rings. The van der Waals surface area contributed by atoms with Crippen molar-refractivity contribution in [1.82, 2.24) is 15.3 Å². The second-order valence-electron chi connectivity index (χ2n) is 5.94. The second-order valence-corrected chi connectivity index (χ2v) is 8.17. The van der Waals surface area contributed by atoms with E-state index in [-0.39, 0.29) is 23.2 Å². The lowest BCUT2D eigenvalue weighted by Gasteiger charge is -2.10. The molecule has 1 amide bonds. The SMILES string of the molecule is CCOc1ccc(Nc2cnc(C(=O)NC3CCS(=O)(=O)C3)cn2)cc1. The number of nitrogens with zero attached hydrogens (tertiary/aromatic N) is 2. The Morgan fingerprint density at radius 1 is 1.23 bits per heavy atom. The fraction of sp³-hybridized carbons (Fsp3) is 0.353. The molecular weight excluding hydrogens is 356 g/mol. The molecule has 2 heterocycles. The van der Waals surface area contributed by atoms with E-state index in [9.17, 15) is 13.2 Å². The monoisotopic (exact) mass is 376 g/mol. The Bertz CT molecular complexity index is 867. The van der Waals surface area contributed by atoms with Crippen molar-refractivity contribution in [2.24, 2.45) is 0 Å². The summed E-state index contributed by atoms with van der Waals surface area (Å²) in [6.07, 6.45) is 3.24. The van der Waals surface area contributed by atoms with Gasteiger partial charge >= 0.3 is 0 Å². The fourth-order valence-electron chi connectivity index (χ4n) is 2.63.